The number of nitrogens with zero attached hydrogens (tertiary/aromatic N) is 1. The normalized spacial score (nSPS) is 18.7. The molecule has 1 atom stereocenters. The van der Waals surface area contributed by atoms with Crippen LogP contribution in [0.15, 0.2) is 12.1 Å². The molecule has 6 heteroatoms. The Bertz CT molecular complexity index is 545. The maximum Gasteiger partial charge on any atom is 0.308 e. The highest BCUT2D eigenvalue weighted by Gasteiger charge is 2.32. The van der Waals surface area contributed by atoms with Crippen LogP contribution in [0, 0.1) is 24.5 Å². The highest BCUT2D eigenvalue weighted by atomic mass is 19.1. The fraction of sp³-hybridized carbons (Fsp3) is 0.385. The van der Waals surface area contributed by atoms with Crippen molar-refractivity contribution in [1.29, 1.82) is 0 Å². The van der Waals surface area contributed by atoms with Gasteiger partial charge < -0.3 is 10.0 Å². The predicted molar refractivity (Wildman–Crippen MR) is 62.7 cm³/mol. The van der Waals surface area contributed by atoms with E-state index < -0.39 is 29.4 Å². The fourth-order valence-electron chi connectivity index (χ4n) is 2.13. The van der Waals surface area contributed by atoms with Crippen molar-refractivity contribution in [3.8, 4) is 0 Å². The van der Waals surface area contributed by atoms with E-state index in [9.17, 15) is 18.4 Å². The van der Waals surface area contributed by atoms with Crippen molar-refractivity contribution in [3.05, 3.63) is 34.9 Å². The molecule has 1 aromatic carbocycles. The van der Waals surface area contributed by atoms with E-state index in [0.29, 0.717) is 6.42 Å². The Morgan fingerprint density at radius 1 is 1.32 bits per heavy atom. The Balaban J connectivity index is 2.22. The van der Waals surface area contributed by atoms with Gasteiger partial charge in [0.15, 0.2) is 0 Å². The maximum absolute atomic E-state index is 13.7. The summed E-state index contributed by atoms with van der Waals surface area (Å²) in [4.78, 5) is 24.1. The van der Waals surface area contributed by atoms with Crippen LogP contribution in [0.4, 0.5) is 8.78 Å². The van der Waals surface area contributed by atoms with Gasteiger partial charge in [-0.3, -0.25) is 9.59 Å². The molecule has 1 N–H and O–H groups in total. The minimum absolute atomic E-state index is 0.0309. The molecule has 0 radical (unpaired) electrons. The van der Waals surface area contributed by atoms with Crippen molar-refractivity contribution in [2.45, 2.75) is 13.3 Å². The largest absolute Gasteiger partial charge is 0.481 e. The average Bonchev–Trinajstić information content (AvgIpc) is 2.82. The summed E-state index contributed by atoms with van der Waals surface area (Å²) >= 11 is 0. The van der Waals surface area contributed by atoms with Gasteiger partial charge in [0.1, 0.15) is 11.6 Å². The Morgan fingerprint density at radius 3 is 2.58 bits per heavy atom. The van der Waals surface area contributed by atoms with Crippen molar-refractivity contribution in [2.75, 3.05) is 13.1 Å². The van der Waals surface area contributed by atoms with Crippen LogP contribution in [0.25, 0.3) is 0 Å². The first-order chi connectivity index (χ1) is 8.90. The lowest BCUT2D eigenvalue weighted by Gasteiger charge is -2.16. The zero-order valence-electron chi connectivity index (χ0n) is 10.3. The molecule has 1 aliphatic rings. The number of carboxylic acids is 1. The minimum Gasteiger partial charge on any atom is -0.481 e. The molecule has 2 rings (SSSR count). The topological polar surface area (TPSA) is 57.6 Å². The second-order valence-electron chi connectivity index (χ2n) is 4.66. The summed E-state index contributed by atoms with van der Waals surface area (Å²) in [5.74, 6) is -3.73. The van der Waals surface area contributed by atoms with Crippen molar-refractivity contribution in [1.82, 2.24) is 4.90 Å². The molecular formula is C13H13F2NO3. The smallest absolute Gasteiger partial charge is 0.308 e. The van der Waals surface area contributed by atoms with Crippen LogP contribution in [0.2, 0.25) is 0 Å². The molecule has 19 heavy (non-hydrogen) atoms. The number of aryl methyl sites for hydroxylation is 1. The predicted octanol–water partition coefficient (Wildman–Crippen LogP) is 1.82. The Hall–Kier alpha value is -1.98. The first-order valence-electron chi connectivity index (χ1n) is 5.88. The zero-order valence-corrected chi connectivity index (χ0v) is 10.3. The van der Waals surface area contributed by atoms with Gasteiger partial charge in [0.2, 0.25) is 0 Å². The third-order valence-electron chi connectivity index (χ3n) is 3.30. The molecule has 1 amide bonds. The number of aliphatic carboxylic acids is 1. The lowest BCUT2D eigenvalue weighted by atomic mass is 10.1. The molecular weight excluding hydrogens is 256 g/mol. The SMILES string of the molecule is Cc1cc(F)c(C(=O)N2CC[C@H](C(=O)O)C2)cc1F. The molecule has 4 nitrogen and oxygen atoms in total. The van der Waals surface area contributed by atoms with E-state index in [1.165, 1.54) is 11.8 Å². The first-order valence-corrected chi connectivity index (χ1v) is 5.88. The number of amides is 1. The summed E-state index contributed by atoms with van der Waals surface area (Å²) in [6.07, 6.45) is 0.330. The Morgan fingerprint density at radius 2 is 2.00 bits per heavy atom. The molecule has 102 valence electrons. The van der Waals surface area contributed by atoms with Gasteiger partial charge in [0.25, 0.3) is 5.91 Å². The highest BCUT2D eigenvalue weighted by molar-refractivity contribution is 5.95. The molecule has 0 bridgehead atoms. The van der Waals surface area contributed by atoms with E-state index in [-0.39, 0.29) is 24.2 Å². The quantitative estimate of drug-likeness (QED) is 0.891. The van der Waals surface area contributed by atoms with Gasteiger partial charge in [-0.2, -0.15) is 0 Å². The van der Waals surface area contributed by atoms with Crippen molar-refractivity contribution >= 4 is 11.9 Å². The van der Waals surface area contributed by atoms with Crippen molar-refractivity contribution in [2.24, 2.45) is 5.92 Å². The van der Waals surface area contributed by atoms with Gasteiger partial charge in [-0.25, -0.2) is 8.78 Å². The summed E-state index contributed by atoms with van der Waals surface area (Å²) in [6.45, 7) is 1.68. The minimum atomic E-state index is -0.981. The number of likely N-dealkylation sites (tertiary alicyclic amines) is 1. The number of carbonyl (C=O) groups excluding carboxylic acids is 1. The van der Waals surface area contributed by atoms with E-state index in [1.807, 2.05) is 0 Å². The summed E-state index contributed by atoms with van der Waals surface area (Å²) in [5, 5.41) is 8.85. The van der Waals surface area contributed by atoms with Gasteiger partial charge in [-0.1, -0.05) is 0 Å². The van der Waals surface area contributed by atoms with Crippen LogP contribution in [0.3, 0.4) is 0 Å². The van der Waals surface area contributed by atoms with Crippen molar-refractivity contribution < 1.29 is 23.5 Å². The summed E-state index contributed by atoms with van der Waals surface area (Å²) in [7, 11) is 0. The zero-order chi connectivity index (χ0) is 14.2. The van der Waals surface area contributed by atoms with E-state index in [0.717, 1.165) is 12.1 Å². The number of benzene rings is 1. The molecule has 1 fully saturated rings. The van der Waals surface area contributed by atoms with Crippen LogP contribution in [-0.2, 0) is 4.79 Å². The summed E-state index contributed by atoms with van der Waals surface area (Å²) in [5.41, 5.74) is -0.229. The molecule has 0 saturated carbocycles. The number of halogens is 2. The maximum atomic E-state index is 13.7. The standard InChI is InChI=1S/C13H13F2NO3/c1-7-4-11(15)9(5-10(7)14)12(17)16-3-2-8(6-16)13(18)19/h4-5,8H,2-3,6H2,1H3,(H,18,19)/t8-/m0/s1. The van der Waals surface area contributed by atoms with Crippen LogP contribution in [-0.4, -0.2) is 35.0 Å². The monoisotopic (exact) mass is 269 g/mol. The van der Waals surface area contributed by atoms with Crippen LogP contribution in [0.1, 0.15) is 22.3 Å². The van der Waals surface area contributed by atoms with Gasteiger partial charge >= 0.3 is 5.97 Å². The molecule has 1 aromatic rings. The van der Waals surface area contributed by atoms with Crippen LogP contribution in [0.5, 0.6) is 0 Å². The van der Waals surface area contributed by atoms with Gasteiger partial charge in [-0.05, 0) is 31.0 Å². The number of carboxylic acid groups (broad SMARTS) is 1. The Kier molecular flexibility index (Phi) is 3.50. The van der Waals surface area contributed by atoms with Gasteiger partial charge in [0, 0.05) is 13.1 Å². The summed E-state index contributed by atoms with van der Waals surface area (Å²) < 4.78 is 27.0. The fourth-order valence-corrected chi connectivity index (χ4v) is 2.13. The van der Waals surface area contributed by atoms with Gasteiger partial charge in [-0.15, -0.1) is 0 Å². The van der Waals surface area contributed by atoms with E-state index in [1.54, 1.807) is 0 Å². The highest BCUT2D eigenvalue weighted by Crippen LogP contribution is 2.21. The van der Waals surface area contributed by atoms with Crippen LogP contribution < -0.4 is 0 Å². The number of rotatable bonds is 2. The molecule has 0 aromatic heterocycles. The molecule has 0 aliphatic carbocycles. The summed E-state index contributed by atoms with van der Waals surface area (Å²) in [6, 6.07) is 1.83. The lowest BCUT2D eigenvalue weighted by Crippen LogP contribution is -2.30. The van der Waals surface area contributed by atoms with E-state index in [4.69, 9.17) is 5.11 Å². The second kappa shape index (κ2) is 4.95. The lowest BCUT2D eigenvalue weighted by molar-refractivity contribution is -0.141. The van der Waals surface area contributed by atoms with Crippen LogP contribution >= 0.6 is 0 Å². The molecule has 1 saturated heterocycles. The molecule has 0 spiro atoms. The third-order valence-corrected chi connectivity index (χ3v) is 3.30. The molecule has 1 aliphatic heterocycles. The van der Waals surface area contributed by atoms with E-state index in [2.05, 4.69) is 0 Å². The number of hydrogen-bond acceptors (Lipinski definition) is 2. The van der Waals surface area contributed by atoms with Gasteiger partial charge in [0.05, 0.1) is 11.5 Å². The first kappa shape index (κ1) is 13.5. The third kappa shape index (κ3) is 2.57. The number of carbonyl (C=O) groups is 2. The Labute approximate surface area is 108 Å². The average molecular weight is 269 g/mol. The van der Waals surface area contributed by atoms with Crippen molar-refractivity contribution in [3.63, 3.8) is 0 Å². The number of hydrogen-bond donors (Lipinski definition) is 1. The van der Waals surface area contributed by atoms with E-state index >= 15 is 0 Å². The molecule has 0 unspecified atom stereocenters. The second-order valence-corrected chi connectivity index (χ2v) is 4.66. The molecule has 1 heterocycles.